The number of nitrogens with one attached hydrogen (secondary N) is 1. The maximum Gasteiger partial charge on any atom is 0.248 e. The van der Waals surface area contributed by atoms with Gasteiger partial charge in [0.25, 0.3) is 0 Å². The number of likely N-dealkylation sites (tertiary alicyclic amines) is 1. The number of Topliss-reactive ketones (excluding diaryl/α,β-unsaturated/α-hetero) is 1. The number of carbonyl (C=O) groups excluding carboxylic acids is 3. The van der Waals surface area contributed by atoms with Crippen molar-refractivity contribution >= 4 is 45.1 Å². The van der Waals surface area contributed by atoms with Gasteiger partial charge in [-0.25, -0.2) is 4.98 Å². The Morgan fingerprint density at radius 3 is 2.50 bits per heavy atom. The number of hydrogen-bond donors (Lipinski definition) is 1. The van der Waals surface area contributed by atoms with Crippen molar-refractivity contribution in [2.75, 3.05) is 11.9 Å². The Balaban J connectivity index is 1.27. The normalized spacial score (nSPS) is 15.1. The predicted molar refractivity (Wildman–Crippen MR) is 155 cm³/mol. The van der Waals surface area contributed by atoms with Crippen LogP contribution in [0.1, 0.15) is 35.9 Å². The molecule has 3 aromatic carbocycles. The summed E-state index contributed by atoms with van der Waals surface area (Å²) in [6.07, 6.45) is 1.32. The number of fused-ring (bicyclic) bond motifs is 2. The van der Waals surface area contributed by atoms with Gasteiger partial charge < -0.3 is 10.2 Å². The molecule has 2 aromatic heterocycles. The quantitative estimate of drug-likeness (QED) is 0.296. The zero-order chi connectivity index (χ0) is 27.8. The maximum absolute atomic E-state index is 13.5. The first-order valence-electron chi connectivity index (χ1n) is 13.4. The Hall–Kier alpha value is -4.85. The molecule has 0 unspecified atom stereocenters. The maximum atomic E-state index is 13.5. The minimum atomic E-state index is -0.580. The highest BCUT2D eigenvalue weighted by atomic mass is 16.2. The monoisotopic (exact) mass is 531 g/mol. The summed E-state index contributed by atoms with van der Waals surface area (Å²) in [6.45, 7) is 3.76. The fraction of sp³-hybridized carbons (Fsp3) is 0.219. The lowest BCUT2D eigenvalue weighted by atomic mass is 9.99. The van der Waals surface area contributed by atoms with Crippen molar-refractivity contribution in [3.63, 3.8) is 0 Å². The smallest absolute Gasteiger partial charge is 0.248 e. The first-order valence-corrected chi connectivity index (χ1v) is 13.4. The molecule has 1 aliphatic heterocycles. The highest BCUT2D eigenvalue weighted by molar-refractivity contribution is 6.06. The average molecular weight is 532 g/mol. The van der Waals surface area contributed by atoms with E-state index < -0.39 is 6.04 Å². The van der Waals surface area contributed by atoms with Gasteiger partial charge in [-0.3, -0.25) is 19.1 Å². The number of nitrogens with zero attached hydrogens (tertiary/aromatic N) is 4. The number of anilines is 1. The second-order valence-electron chi connectivity index (χ2n) is 10.3. The van der Waals surface area contributed by atoms with Crippen molar-refractivity contribution in [2.24, 2.45) is 0 Å². The van der Waals surface area contributed by atoms with Gasteiger partial charge in [-0.05, 0) is 72.0 Å². The summed E-state index contributed by atoms with van der Waals surface area (Å²) in [7, 11) is 0. The Labute approximate surface area is 231 Å². The highest BCUT2D eigenvalue weighted by Gasteiger charge is 2.34. The molecule has 1 aliphatic rings. The summed E-state index contributed by atoms with van der Waals surface area (Å²) in [5, 5.41) is 10.4. The Kier molecular flexibility index (Phi) is 6.59. The number of rotatable bonds is 6. The summed E-state index contributed by atoms with van der Waals surface area (Å²) in [5.41, 5.74) is 3.83. The molecule has 0 saturated carbocycles. The average Bonchev–Trinajstić information content (AvgIpc) is 3.58. The molecule has 2 amide bonds. The van der Waals surface area contributed by atoms with Crippen molar-refractivity contribution in [3.05, 3.63) is 90.3 Å². The van der Waals surface area contributed by atoms with E-state index in [-0.39, 0.29) is 24.1 Å². The van der Waals surface area contributed by atoms with E-state index >= 15 is 0 Å². The third-order valence-corrected chi connectivity index (χ3v) is 7.47. The molecule has 8 nitrogen and oxygen atoms in total. The molecule has 0 aliphatic carbocycles. The van der Waals surface area contributed by atoms with Crippen LogP contribution < -0.4 is 5.32 Å². The van der Waals surface area contributed by atoms with E-state index in [1.54, 1.807) is 15.6 Å². The Morgan fingerprint density at radius 2 is 1.70 bits per heavy atom. The van der Waals surface area contributed by atoms with Gasteiger partial charge in [0.1, 0.15) is 24.1 Å². The second kappa shape index (κ2) is 10.4. The molecular formula is C32H29N5O3. The molecule has 0 spiro atoms. The van der Waals surface area contributed by atoms with Gasteiger partial charge in [0.15, 0.2) is 5.78 Å². The van der Waals surface area contributed by atoms with E-state index in [4.69, 9.17) is 0 Å². The van der Waals surface area contributed by atoms with E-state index in [2.05, 4.69) is 45.7 Å². The number of aromatic nitrogens is 3. The summed E-state index contributed by atoms with van der Waals surface area (Å²) < 4.78 is 1.58. The first kappa shape index (κ1) is 25.4. The van der Waals surface area contributed by atoms with E-state index in [9.17, 15) is 14.4 Å². The van der Waals surface area contributed by atoms with Gasteiger partial charge in [-0.15, -0.1) is 0 Å². The number of pyridine rings is 1. The van der Waals surface area contributed by atoms with Gasteiger partial charge in [0.05, 0.1) is 5.52 Å². The third kappa shape index (κ3) is 4.84. The minimum absolute atomic E-state index is 0.0639. The Morgan fingerprint density at radius 1 is 0.925 bits per heavy atom. The lowest BCUT2D eigenvalue weighted by Gasteiger charge is -2.24. The van der Waals surface area contributed by atoms with Crippen LogP contribution in [0.5, 0.6) is 0 Å². The molecule has 200 valence electrons. The van der Waals surface area contributed by atoms with Crippen LogP contribution in [-0.4, -0.2) is 49.8 Å². The molecule has 1 N–H and O–H groups in total. The molecule has 6 rings (SSSR count). The number of aryl methyl sites for hydroxylation is 1. The topological polar surface area (TPSA) is 97.2 Å². The van der Waals surface area contributed by atoms with Crippen molar-refractivity contribution in [3.8, 4) is 11.1 Å². The van der Waals surface area contributed by atoms with E-state index in [0.717, 1.165) is 34.0 Å². The summed E-state index contributed by atoms with van der Waals surface area (Å²) >= 11 is 0. The number of carbonyl (C=O) groups is 3. The first-order chi connectivity index (χ1) is 19.4. The van der Waals surface area contributed by atoms with Gasteiger partial charge >= 0.3 is 0 Å². The standard InChI is InChI=1S/C32H29N5O3/c1-20-7-5-11-29(33-20)34-32(40)28-10-6-16-36(28)30(39)19-37-27-15-14-25(18-26(27)31(35-37)21(2)38)24-13-12-22-8-3-4-9-23(22)17-24/h3-5,7-9,11-15,17-18,28H,6,10,16,19H2,1-2H3,(H,33,34,40)/t28-/m0/s1. The van der Waals surface area contributed by atoms with Crippen LogP contribution in [0.15, 0.2) is 78.9 Å². The lowest BCUT2D eigenvalue weighted by molar-refractivity contribution is -0.137. The van der Waals surface area contributed by atoms with Crippen LogP contribution in [0.3, 0.4) is 0 Å². The molecule has 3 heterocycles. The van der Waals surface area contributed by atoms with Crippen molar-refractivity contribution in [1.29, 1.82) is 0 Å². The van der Waals surface area contributed by atoms with E-state index in [0.29, 0.717) is 35.4 Å². The van der Waals surface area contributed by atoms with Crippen LogP contribution in [-0.2, 0) is 16.1 Å². The number of ketones is 1. The Bertz CT molecular complexity index is 1790. The van der Waals surface area contributed by atoms with Crippen molar-refractivity contribution in [1.82, 2.24) is 19.7 Å². The van der Waals surface area contributed by atoms with Gasteiger partial charge in [-0.1, -0.05) is 48.5 Å². The molecule has 1 atom stereocenters. The molecule has 0 bridgehead atoms. The summed E-state index contributed by atoms with van der Waals surface area (Å²) in [5.74, 6) is -0.168. The van der Waals surface area contributed by atoms with Gasteiger partial charge in [0.2, 0.25) is 11.8 Å². The molecule has 1 fully saturated rings. The summed E-state index contributed by atoms with van der Waals surface area (Å²) in [4.78, 5) is 45.0. The predicted octanol–water partition coefficient (Wildman–Crippen LogP) is 5.39. The zero-order valence-electron chi connectivity index (χ0n) is 22.4. The van der Waals surface area contributed by atoms with Crippen LogP contribution in [0.2, 0.25) is 0 Å². The molecule has 5 aromatic rings. The van der Waals surface area contributed by atoms with E-state index in [1.807, 2.05) is 49.4 Å². The highest BCUT2D eigenvalue weighted by Crippen LogP contribution is 2.30. The van der Waals surface area contributed by atoms with Crippen molar-refractivity contribution < 1.29 is 14.4 Å². The second-order valence-corrected chi connectivity index (χ2v) is 10.3. The molecule has 0 radical (unpaired) electrons. The molecule has 1 saturated heterocycles. The van der Waals surface area contributed by atoms with E-state index in [1.165, 1.54) is 6.92 Å². The molecule has 40 heavy (non-hydrogen) atoms. The zero-order valence-corrected chi connectivity index (χ0v) is 22.4. The van der Waals surface area contributed by atoms with Crippen LogP contribution >= 0.6 is 0 Å². The number of amides is 2. The third-order valence-electron chi connectivity index (χ3n) is 7.47. The fourth-order valence-electron chi connectivity index (χ4n) is 5.49. The van der Waals surface area contributed by atoms with Crippen LogP contribution in [0.25, 0.3) is 32.8 Å². The lowest BCUT2D eigenvalue weighted by Crippen LogP contribution is -2.44. The largest absolute Gasteiger partial charge is 0.329 e. The summed E-state index contributed by atoms with van der Waals surface area (Å²) in [6, 6.07) is 25.1. The van der Waals surface area contributed by atoms with Crippen LogP contribution in [0.4, 0.5) is 5.82 Å². The van der Waals surface area contributed by atoms with Gasteiger partial charge in [0, 0.05) is 24.5 Å². The number of hydrogen-bond acceptors (Lipinski definition) is 5. The number of benzene rings is 3. The van der Waals surface area contributed by atoms with Gasteiger partial charge in [-0.2, -0.15) is 5.10 Å². The molecule has 8 heteroatoms. The SMILES string of the molecule is CC(=O)c1nn(CC(=O)N2CCC[C@H]2C(=O)Nc2cccc(C)n2)c2ccc(-c3ccc4ccccc4c3)cc12. The minimum Gasteiger partial charge on any atom is -0.329 e. The fourth-order valence-corrected chi connectivity index (χ4v) is 5.49. The van der Waals surface area contributed by atoms with Crippen molar-refractivity contribution in [2.45, 2.75) is 39.3 Å². The van der Waals surface area contributed by atoms with Crippen LogP contribution in [0, 0.1) is 6.92 Å². The molecular weight excluding hydrogens is 502 g/mol.